The van der Waals surface area contributed by atoms with Gasteiger partial charge in [0.1, 0.15) is 5.65 Å². The highest BCUT2D eigenvalue weighted by molar-refractivity contribution is 5.44. The van der Waals surface area contributed by atoms with E-state index in [1.807, 2.05) is 0 Å². The second-order valence-electron chi connectivity index (χ2n) is 4.04. The fourth-order valence-electron chi connectivity index (χ4n) is 2.06. The van der Waals surface area contributed by atoms with Gasteiger partial charge in [0.15, 0.2) is 0 Å². The van der Waals surface area contributed by atoms with Crippen molar-refractivity contribution >= 4 is 5.65 Å². The minimum absolute atomic E-state index is 1.06. The van der Waals surface area contributed by atoms with E-state index in [1.165, 1.54) is 17.0 Å². The van der Waals surface area contributed by atoms with Gasteiger partial charge in [0.25, 0.3) is 0 Å². The molecule has 0 amide bonds. The number of pyridine rings is 1. The van der Waals surface area contributed by atoms with Crippen LogP contribution in [0.15, 0.2) is 18.3 Å². The highest BCUT2D eigenvalue weighted by atomic mass is 15.0. The van der Waals surface area contributed by atoms with Crippen molar-refractivity contribution in [3.63, 3.8) is 0 Å². The van der Waals surface area contributed by atoms with Gasteiger partial charge in [-0.25, -0.2) is 4.98 Å². The SMILES string of the molecule is CCCc1nc2ccc(C)cn2c1CC. The van der Waals surface area contributed by atoms with Crippen LogP contribution in [0.3, 0.4) is 0 Å². The number of aromatic nitrogens is 2. The Hall–Kier alpha value is -1.31. The lowest BCUT2D eigenvalue weighted by Gasteiger charge is -2.01. The molecule has 0 saturated heterocycles. The average molecular weight is 202 g/mol. The molecule has 15 heavy (non-hydrogen) atoms. The molecule has 2 heteroatoms. The fraction of sp³-hybridized carbons (Fsp3) is 0.462. The maximum Gasteiger partial charge on any atom is 0.137 e. The molecule has 0 bridgehead atoms. The standard InChI is InChI=1S/C13H18N2/c1-4-6-11-12(5-2)15-9-10(3)7-8-13(15)14-11/h7-9H,4-6H2,1-3H3. The van der Waals surface area contributed by atoms with Crippen molar-refractivity contribution in [1.82, 2.24) is 9.38 Å². The minimum atomic E-state index is 1.06. The largest absolute Gasteiger partial charge is 0.304 e. The molecular weight excluding hydrogens is 184 g/mol. The van der Waals surface area contributed by atoms with Crippen molar-refractivity contribution in [3.05, 3.63) is 35.3 Å². The molecule has 0 aliphatic heterocycles. The third-order valence-electron chi connectivity index (χ3n) is 2.77. The molecule has 0 saturated carbocycles. The van der Waals surface area contributed by atoms with E-state index in [9.17, 15) is 0 Å². The lowest BCUT2D eigenvalue weighted by molar-refractivity contribution is 0.859. The molecule has 0 aliphatic rings. The lowest BCUT2D eigenvalue weighted by atomic mass is 10.2. The van der Waals surface area contributed by atoms with Crippen LogP contribution in [-0.2, 0) is 12.8 Å². The Labute approximate surface area is 91.0 Å². The summed E-state index contributed by atoms with van der Waals surface area (Å²) < 4.78 is 2.24. The van der Waals surface area contributed by atoms with E-state index in [1.54, 1.807) is 0 Å². The summed E-state index contributed by atoms with van der Waals surface area (Å²) in [6, 6.07) is 4.23. The van der Waals surface area contributed by atoms with Gasteiger partial charge in [-0.05, 0) is 31.4 Å². The quantitative estimate of drug-likeness (QED) is 0.747. The van der Waals surface area contributed by atoms with Gasteiger partial charge in [-0.15, -0.1) is 0 Å². The van der Waals surface area contributed by atoms with Gasteiger partial charge >= 0.3 is 0 Å². The van der Waals surface area contributed by atoms with Gasteiger partial charge in [0.05, 0.1) is 5.69 Å². The molecular formula is C13H18N2. The first-order valence-corrected chi connectivity index (χ1v) is 5.72. The van der Waals surface area contributed by atoms with Crippen LogP contribution in [0, 0.1) is 6.92 Å². The van der Waals surface area contributed by atoms with E-state index in [2.05, 4.69) is 48.5 Å². The van der Waals surface area contributed by atoms with Crippen LogP contribution in [0.1, 0.15) is 37.2 Å². The maximum atomic E-state index is 4.68. The number of aryl methyl sites for hydroxylation is 3. The summed E-state index contributed by atoms with van der Waals surface area (Å²) in [5, 5.41) is 0. The predicted molar refractivity (Wildman–Crippen MR) is 63.3 cm³/mol. The summed E-state index contributed by atoms with van der Waals surface area (Å²) in [6.07, 6.45) is 5.49. The zero-order valence-electron chi connectivity index (χ0n) is 9.75. The summed E-state index contributed by atoms with van der Waals surface area (Å²) in [7, 11) is 0. The number of hydrogen-bond donors (Lipinski definition) is 0. The Balaban J connectivity index is 2.63. The second kappa shape index (κ2) is 4.05. The van der Waals surface area contributed by atoms with Crippen molar-refractivity contribution < 1.29 is 0 Å². The minimum Gasteiger partial charge on any atom is -0.304 e. The van der Waals surface area contributed by atoms with Crippen molar-refractivity contribution in [2.75, 3.05) is 0 Å². The van der Waals surface area contributed by atoms with Crippen LogP contribution in [0.5, 0.6) is 0 Å². The lowest BCUT2D eigenvalue weighted by Crippen LogP contribution is -1.95. The van der Waals surface area contributed by atoms with Crippen LogP contribution < -0.4 is 0 Å². The molecule has 0 spiro atoms. The van der Waals surface area contributed by atoms with Crippen LogP contribution in [0.25, 0.3) is 5.65 Å². The molecule has 2 aromatic heterocycles. The number of nitrogens with zero attached hydrogens (tertiary/aromatic N) is 2. The number of rotatable bonds is 3. The molecule has 0 unspecified atom stereocenters. The predicted octanol–water partition coefficient (Wildman–Crippen LogP) is 3.16. The van der Waals surface area contributed by atoms with Gasteiger partial charge in [-0.3, -0.25) is 0 Å². The first-order valence-electron chi connectivity index (χ1n) is 5.72. The molecule has 2 aromatic rings. The molecule has 0 N–H and O–H groups in total. The van der Waals surface area contributed by atoms with E-state index in [0.29, 0.717) is 0 Å². The molecule has 2 nitrogen and oxygen atoms in total. The van der Waals surface area contributed by atoms with E-state index < -0.39 is 0 Å². The normalized spacial score (nSPS) is 11.1. The topological polar surface area (TPSA) is 17.3 Å². The Morgan fingerprint density at radius 1 is 1.27 bits per heavy atom. The molecule has 0 fully saturated rings. The fourth-order valence-corrected chi connectivity index (χ4v) is 2.06. The molecule has 80 valence electrons. The van der Waals surface area contributed by atoms with Gasteiger partial charge in [-0.1, -0.05) is 26.3 Å². The zero-order valence-corrected chi connectivity index (χ0v) is 9.75. The van der Waals surface area contributed by atoms with E-state index in [4.69, 9.17) is 0 Å². The van der Waals surface area contributed by atoms with Gasteiger partial charge in [-0.2, -0.15) is 0 Å². The monoisotopic (exact) mass is 202 g/mol. The maximum absolute atomic E-state index is 4.68. The van der Waals surface area contributed by atoms with Crippen molar-refractivity contribution in [1.29, 1.82) is 0 Å². The van der Waals surface area contributed by atoms with Gasteiger partial charge in [0.2, 0.25) is 0 Å². The number of imidazole rings is 1. The smallest absolute Gasteiger partial charge is 0.137 e. The summed E-state index contributed by atoms with van der Waals surface area (Å²) >= 11 is 0. The Bertz CT molecular complexity index is 469. The Morgan fingerprint density at radius 2 is 2.07 bits per heavy atom. The van der Waals surface area contributed by atoms with Crippen LogP contribution in [-0.4, -0.2) is 9.38 Å². The zero-order chi connectivity index (χ0) is 10.8. The molecule has 0 aliphatic carbocycles. The number of hydrogen-bond acceptors (Lipinski definition) is 1. The van der Waals surface area contributed by atoms with Crippen LogP contribution >= 0.6 is 0 Å². The molecule has 0 radical (unpaired) electrons. The molecule has 0 aromatic carbocycles. The first-order chi connectivity index (χ1) is 7.26. The third kappa shape index (κ3) is 1.76. The first kappa shape index (κ1) is 10.2. The Morgan fingerprint density at radius 3 is 2.73 bits per heavy atom. The highest BCUT2D eigenvalue weighted by Gasteiger charge is 2.08. The summed E-state index contributed by atoms with van der Waals surface area (Å²) in [4.78, 5) is 4.68. The van der Waals surface area contributed by atoms with E-state index in [0.717, 1.165) is 24.9 Å². The summed E-state index contributed by atoms with van der Waals surface area (Å²) in [5.41, 5.74) is 5.01. The average Bonchev–Trinajstić information content (AvgIpc) is 2.55. The van der Waals surface area contributed by atoms with Crippen molar-refractivity contribution in [2.24, 2.45) is 0 Å². The van der Waals surface area contributed by atoms with Crippen molar-refractivity contribution in [3.8, 4) is 0 Å². The summed E-state index contributed by atoms with van der Waals surface area (Å²) in [6.45, 7) is 6.53. The van der Waals surface area contributed by atoms with Crippen LogP contribution in [0.2, 0.25) is 0 Å². The molecule has 0 atom stereocenters. The highest BCUT2D eigenvalue weighted by Crippen LogP contribution is 2.16. The van der Waals surface area contributed by atoms with E-state index in [-0.39, 0.29) is 0 Å². The summed E-state index contributed by atoms with van der Waals surface area (Å²) in [5.74, 6) is 0. The second-order valence-corrected chi connectivity index (χ2v) is 4.04. The van der Waals surface area contributed by atoms with Gasteiger partial charge in [0, 0.05) is 11.9 Å². The molecule has 2 heterocycles. The van der Waals surface area contributed by atoms with E-state index >= 15 is 0 Å². The van der Waals surface area contributed by atoms with Gasteiger partial charge < -0.3 is 4.40 Å². The van der Waals surface area contributed by atoms with Crippen LogP contribution in [0.4, 0.5) is 0 Å². The third-order valence-corrected chi connectivity index (χ3v) is 2.77. The number of fused-ring (bicyclic) bond motifs is 1. The van der Waals surface area contributed by atoms with Crippen molar-refractivity contribution in [2.45, 2.75) is 40.0 Å². The Kier molecular flexibility index (Phi) is 2.76. The molecule has 2 rings (SSSR count).